The van der Waals surface area contributed by atoms with E-state index in [2.05, 4.69) is 15.2 Å². The van der Waals surface area contributed by atoms with Crippen LogP contribution in [-0.2, 0) is 20.9 Å². The number of nitrogens with one attached hydrogen (secondary N) is 1. The molecule has 0 spiro atoms. The van der Waals surface area contributed by atoms with E-state index in [4.69, 9.17) is 16.3 Å². The van der Waals surface area contributed by atoms with Gasteiger partial charge in [0.05, 0.1) is 19.4 Å². The molecule has 40 heavy (non-hydrogen) atoms. The number of alkyl halides is 2. The SMILES string of the molecule is CC(C)C(=O)Cl.CCC1CC(=O)N(Cc2ccc(NC(=O)C(C)C)cc2)N=C1c1ccc(OC)c(OC(F)F)c1. The number of anilines is 1. The number of rotatable bonds is 10. The number of carbonyl (C=O) groups is 3. The summed E-state index contributed by atoms with van der Waals surface area (Å²) in [4.78, 5) is 34.5. The minimum atomic E-state index is -2.99. The summed E-state index contributed by atoms with van der Waals surface area (Å²) in [5.41, 5.74) is 2.73. The van der Waals surface area contributed by atoms with Crippen molar-refractivity contribution in [1.29, 1.82) is 0 Å². The summed E-state index contributed by atoms with van der Waals surface area (Å²) in [6.07, 6.45) is 0.925. The molecule has 8 nitrogen and oxygen atoms in total. The Hall–Kier alpha value is -3.53. The average Bonchev–Trinajstić information content (AvgIpc) is 2.90. The highest BCUT2D eigenvalue weighted by Gasteiger charge is 2.30. The van der Waals surface area contributed by atoms with Crippen molar-refractivity contribution < 1.29 is 32.6 Å². The van der Waals surface area contributed by atoms with Gasteiger partial charge in [0.15, 0.2) is 11.5 Å². The van der Waals surface area contributed by atoms with Crippen molar-refractivity contribution in [1.82, 2.24) is 5.01 Å². The summed E-state index contributed by atoms with van der Waals surface area (Å²) < 4.78 is 35.5. The number of carbonyl (C=O) groups excluding carboxylic acids is 3. The van der Waals surface area contributed by atoms with Gasteiger partial charge >= 0.3 is 6.61 Å². The molecule has 0 saturated carbocycles. The van der Waals surface area contributed by atoms with Crippen molar-refractivity contribution in [2.24, 2.45) is 22.9 Å². The predicted octanol–water partition coefficient (Wildman–Crippen LogP) is 6.46. The lowest BCUT2D eigenvalue weighted by atomic mass is 9.89. The van der Waals surface area contributed by atoms with E-state index in [1.54, 1.807) is 38.1 Å². The zero-order valence-electron chi connectivity index (χ0n) is 23.5. The molecule has 1 atom stereocenters. The topological polar surface area (TPSA) is 97.3 Å². The monoisotopic (exact) mass is 579 g/mol. The number of halogens is 3. The van der Waals surface area contributed by atoms with Gasteiger partial charge in [-0.25, -0.2) is 5.01 Å². The zero-order chi connectivity index (χ0) is 30.0. The fraction of sp³-hybridized carbons (Fsp3) is 0.448. The minimum Gasteiger partial charge on any atom is -0.493 e. The first kappa shape index (κ1) is 32.7. The summed E-state index contributed by atoms with van der Waals surface area (Å²) in [5, 5.41) is 8.55. The van der Waals surface area contributed by atoms with Crippen LogP contribution in [0, 0.1) is 17.8 Å². The Balaban J connectivity index is 0.000000840. The molecule has 1 aliphatic heterocycles. The van der Waals surface area contributed by atoms with Gasteiger partial charge in [0.25, 0.3) is 0 Å². The van der Waals surface area contributed by atoms with Gasteiger partial charge in [-0.2, -0.15) is 13.9 Å². The third kappa shape index (κ3) is 9.59. The Morgan fingerprint density at radius 3 is 2.20 bits per heavy atom. The van der Waals surface area contributed by atoms with E-state index >= 15 is 0 Å². The van der Waals surface area contributed by atoms with Crippen LogP contribution in [0.15, 0.2) is 47.6 Å². The van der Waals surface area contributed by atoms with Crippen LogP contribution in [0.3, 0.4) is 0 Å². The largest absolute Gasteiger partial charge is 0.493 e. The highest BCUT2D eigenvalue weighted by Crippen LogP contribution is 2.33. The third-order valence-corrected chi connectivity index (χ3v) is 6.46. The van der Waals surface area contributed by atoms with Crippen LogP contribution in [0.1, 0.15) is 58.6 Å². The van der Waals surface area contributed by atoms with Crippen molar-refractivity contribution in [3.63, 3.8) is 0 Å². The van der Waals surface area contributed by atoms with Crippen molar-refractivity contribution in [2.45, 2.75) is 60.6 Å². The number of benzene rings is 2. The smallest absolute Gasteiger partial charge is 0.387 e. The van der Waals surface area contributed by atoms with Crippen LogP contribution in [-0.4, -0.2) is 41.5 Å². The lowest BCUT2D eigenvalue weighted by Crippen LogP contribution is -2.36. The zero-order valence-corrected chi connectivity index (χ0v) is 24.3. The van der Waals surface area contributed by atoms with Gasteiger partial charge in [0.2, 0.25) is 17.1 Å². The summed E-state index contributed by atoms with van der Waals surface area (Å²) in [6, 6.07) is 11.9. The predicted molar refractivity (Wildman–Crippen MR) is 151 cm³/mol. The molecule has 2 amide bonds. The lowest BCUT2D eigenvalue weighted by molar-refractivity contribution is -0.133. The van der Waals surface area contributed by atoms with Crippen LogP contribution in [0.25, 0.3) is 0 Å². The Labute approximate surface area is 238 Å². The Kier molecular flexibility index (Phi) is 12.5. The quantitative estimate of drug-likeness (QED) is 0.326. The van der Waals surface area contributed by atoms with E-state index in [0.29, 0.717) is 23.4 Å². The van der Waals surface area contributed by atoms with Crippen LogP contribution < -0.4 is 14.8 Å². The Morgan fingerprint density at radius 1 is 1.07 bits per heavy atom. The van der Waals surface area contributed by atoms with Crippen molar-refractivity contribution in [3.8, 4) is 11.5 Å². The fourth-order valence-corrected chi connectivity index (χ4v) is 3.61. The molecule has 1 unspecified atom stereocenters. The Morgan fingerprint density at radius 2 is 1.70 bits per heavy atom. The van der Waals surface area contributed by atoms with E-state index in [1.807, 2.05) is 32.9 Å². The molecule has 2 aromatic rings. The van der Waals surface area contributed by atoms with E-state index in [9.17, 15) is 23.2 Å². The number of ether oxygens (including phenoxy) is 2. The molecule has 0 fully saturated rings. The summed E-state index contributed by atoms with van der Waals surface area (Å²) >= 11 is 4.97. The minimum absolute atomic E-state index is 0.0216. The molecule has 3 rings (SSSR count). The first-order valence-corrected chi connectivity index (χ1v) is 13.3. The van der Waals surface area contributed by atoms with Crippen LogP contribution >= 0.6 is 11.6 Å². The van der Waals surface area contributed by atoms with E-state index in [0.717, 1.165) is 5.56 Å². The molecule has 0 bridgehead atoms. The van der Waals surface area contributed by atoms with E-state index in [-0.39, 0.29) is 59.3 Å². The maximum atomic E-state index is 12.9. The van der Waals surface area contributed by atoms with Crippen molar-refractivity contribution in [3.05, 3.63) is 53.6 Å². The molecule has 0 aliphatic carbocycles. The Bertz CT molecular complexity index is 1200. The van der Waals surface area contributed by atoms with Crippen LogP contribution in [0.5, 0.6) is 11.5 Å². The highest BCUT2D eigenvalue weighted by molar-refractivity contribution is 6.63. The standard InChI is InChI=1S/C25H29F2N3O4.C4H7ClO/c1-5-17-13-22(31)30(14-16-6-9-19(10-7-16)28-24(32)15(2)3)29-23(17)18-8-11-20(33-4)21(12-18)34-25(26)27;1-3(2)4(5)6/h6-12,15,17,25H,5,13-14H2,1-4H3,(H,28,32);3H,1-2H3. The van der Waals surface area contributed by atoms with Gasteiger partial charge in [0.1, 0.15) is 0 Å². The molecular weight excluding hydrogens is 544 g/mol. The molecule has 218 valence electrons. The normalized spacial score (nSPS) is 15.0. The van der Waals surface area contributed by atoms with Crippen molar-refractivity contribution in [2.75, 3.05) is 12.4 Å². The maximum absolute atomic E-state index is 12.9. The maximum Gasteiger partial charge on any atom is 0.387 e. The van der Waals surface area contributed by atoms with Gasteiger partial charge in [0, 0.05) is 35.4 Å². The van der Waals surface area contributed by atoms with Crippen LogP contribution in [0.4, 0.5) is 14.5 Å². The second kappa shape index (κ2) is 15.3. The molecule has 1 aliphatic rings. The molecule has 0 radical (unpaired) electrons. The van der Waals surface area contributed by atoms with Gasteiger partial charge in [-0.1, -0.05) is 46.8 Å². The van der Waals surface area contributed by atoms with Crippen LogP contribution in [0.2, 0.25) is 0 Å². The number of hydrogen-bond acceptors (Lipinski definition) is 6. The first-order valence-electron chi connectivity index (χ1n) is 13.0. The number of hydrogen-bond donors (Lipinski definition) is 1. The van der Waals surface area contributed by atoms with Gasteiger partial charge in [-0.3, -0.25) is 14.4 Å². The fourth-order valence-electron chi connectivity index (χ4n) is 3.61. The number of methoxy groups -OCH3 is 1. The second-order valence-electron chi connectivity index (χ2n) is 9.79. The van der Waals surface area contributed by atoms with E-state index < -0.39 is 6.61 Å². The molecular formula is C29H36ClF2N3O5. The van der Waals surface area contributed by atoms with Gasteiger partial charge in [-0.05, 0) is 53.9 Å². The third-order valence-electron chi connectivity index (χ3n) is 6.02. The second-order valence-corrected chi connectivity index (χ2v) is 10.2. The van der Waals surface area contributed by atoms with Gasteiger partial charge < -0.3 is 14.8 Å². The average molecular weight is 580 g/mol. The summed E-state index contributed by atoms with van der Waals surface area (Å²) in [6.45, 7) is 6.35. The summed E-state index contributed by atoms with van der Waals surface area (Å²) in [5.74, 6) is -0.397. The first-order chi connectivity index (χ1) is 18.9. The number of nitrogens with zero attached hydrogens (tertiary/aromatic N) is 2. The lowest BCUT2D eigenvalue weighted by Gasteiger charge is -2.29. The highest BCUT2D eigenvalue weighted by atomic mass is 35.5. The van der Waals surface area contributed by atoms with Gasteiger partial charge in [-0.15, -0.1) is 0 Å². The summed E-state index contributed by atoms with van der Waals surface area (Å²) in [7, 11) is 1.38. The molecule has 2 aromatic carbocycles. The molecule has 1 N–H and O–H groups in total. The van der Waals surface area contributed by atoms with Crippen molar-refractivity contribution >= 4 is 40.1 Å². The van der Waals surface area contributed by atoms with E-state index in [1.165, 1.54) is 18.2 Å². The number of hydrazone groups is 1. The molecule has 1 heterocycles. The molecule has 0 saturated heterocycles. The number of amides is 2. The molecule has 0 aromatic heterocycles. The molecule has 11 heteroatoms.